The van der Waals surface area contributed by atoms with Gasteiger partial charge < -0.3 is 25.1 Å². The number of nitrogens with two attached hydrogens (primary N) is 1. The van der Waals surface area contributed by atoms with Crippen LogP contribution in [0.1, 0.15) is 24.1 Å². The van der Waals surface area contributed by atoms with Crippen LogP contribution in [0.3, 0.4) is 0 Å². The highest BCUT2D eigenvalue weighted by Crippen LogP contribution is 2.38. The quantitative estimate of drug-likeness (QED) is 0.861. The molecular formula is C19H23N3O4. The van der Waals surface area contributed by atoms with Crippen LogP contribution in [0, 0.1) is 6.92 Å². The van der Waals surface area contributed by atoms with E-state index in [0.717, 1.165) is 29.7 Å². The lowest BCUT2D eigenvalue weighted by molar-refractivity contribution is -0.185. The Bertz CT molecular complexity index is 801. The van der Waals surface area contributed by atoms with Crippen molar-refractivity contribution >= 4 is 5.69 Å². The molecule has 4 rings (SSSR count). The molecule has 0 amide bonds. The van der Waals surface area contributed by atoms with Gasteiger partial charge in [-0.05, 0) is 19.1 Å². The smallest absolute Gasteiger partial charge is 0.219 e. The van der Waals surface area contributed by atoms with Gasteiger partial charge in [0.1, 0.15) is 11.7 Å². The van der Waals surface area contributed by atoms with Gasteiger partial charge in [0.2, 0.25) is 5.88 Å². The number of ether oxygens (including phenoxy) is 3. The molecule has 0 atom stereocenters. The van der Waals surface area contributed by atoms with Crippen LogP contribution >= 0.6 is 0 Å². The first-order valence-electron chi connectivity index (χ1n) is 8.83. The molecule has 0 radical (unpaired) electrons. The first kappa shape index (κ1) is 17.2. The first-order chi connectivity index (χ1) is 12.5. The second-order valence-corrected chi connectivity index (χ2v) is 6.93. The van der Waals surface area contributed by atoms with Gasteiger partial charge in [-0.1, -0.05) is 0 Å². The standard InChI is InChI=1S/C19H23N3O4/c1-12-16(7-14(20)9-21-12)13-6-17(19(23)10-25-11-19)18(22-8-13)26-15-2-4-24-5-3-15/h6-9,15,23H,2-5,10-11,20H2,1H3. The lowest BCUT2D eigenvalue weighted by Crippen LogP contribution is -2.47. The summed E-state index contributed by atoms with van der Waals surface area (Å²) in [5.74, 6) is 0.459. The van der Waals surface area contributed by atoms with Crippen LogP contribution < -0.4 is 10.5 Å². The summed E-state index contributed by atoms with van der Waals surface area (Å²) in [6, 6.07) is 3.77. The van der Waals surface area contributed by atoms with E-state index in [9.17, 15) is 5.11 Å². The molecule has 2 aliphatic rings. The molecule has 2 aromatic rings. The fourth-order valence-corrected chi connectivity index (χ4v) is 3.27. The SMILES string of the molecule is Cc1ncc(N)cc1-c1cnc(OC2CCOCC2)c(C2(O)COC2)c1. The number of aryl methyl sites for hydroxylation is 1. The average Bonchev–Trinajstić information content (AvgIpc) is 2.63. The van der Waals surface area contributed by atoms with Gasteiger partial charge in [-0.2, -0.15) is 0 Å². The molecule has 4 heterocycles. The molecule has 2 aliphatic heterocycles. The van der Waals surface area contributed by atoms with Crippen molar-refractivity contribution in [1.82, 2.24) is 9.97 Å². The summed E-state index contributed by atoms with van der Waals surface area (Å²) < 4.78 is 16.7. The Labute approximate surface area is 152 Å². The van der Waals surface area contributed by atoms with Crippen LogP contribution in [0.4, 0.5) is 5.69 Å². The highest BCUT2D eigenvalue weighted by Gasteiger charge is 2.41. The maximum atomic E-state index is 10.9. The van der Waals surface area contributed by atoms with E-state index in [0.29, 0.717) is 30.3 Å². The van der Waals surface area contributed by atoms with E-state index >= 15 is 0 Å². The molecule has 0 aliphatic carbocycles. The number of hydrogen-bond donors (Lipinski definition) is 2. The summed E-state index contributed by atoms with van der Waals surface area (Å²) in [5.41, 5.74) is 8.63. The summed E-state index contributed by atoms with van der Waals surface area (Å²) in [6.45, 7) is 3.74. The second kappa shape index (κ2) is 6.83. The number of nitrogens with zero attached hydrogens (tertiary/aromatic N) is 2. The fraction of sp³-hybridized carbons (Fsp3) is 0.474. The van der Waals surface area contributed by atoms with Crippen molar-refractivity contribution in [2.75, 3.05) is 32.2 Å². The third kappa shape index (κ3) is 3.25. The Morgan fingerprint density at radius 1 is 1.15 bits per heavy atom. The highest BCUT2D eigenvalue weighted by molar-refractivity contribution is 5.69. The lowest BCUT2D eigenvalue weighted by atomic mass is 9.90. The molecule has 2 fully saturated rings. The largest absolute Gasteiger partial charge is 0.474 e. The van der Waals surface area contributed by atoms with Gasteiger partial charge in [-0.15, -0.1) is 0 Å². The van der Waals surface area contributed by atoms with E-state index < -0.39 is 5.60 Å². The number of anilines is 1. The zero-order chi connectivity index (χ0) is 18.1. The molecule has 0 aromatic carbocycles. The van der Waals surface area contributed by atoms with Gasteiger partial charge in [0, 0.05) is 35.9 Å². The highest BCUT2D eigenvalue weighted by atomic mass is 16.5. The number of pyridine rings is 2. The van der Waals surface area contributed by atoms with Crippen molar-refractivity contribution in [1.29, 1.82) is 0 Å². The minimum absolute atomic E-state index is 0.0428. The summed E-state index contributed by atoms with van der Waals surface area (Å²) >= 11 is 0. The maximum Gasteiger partial charge on any atom is 0.219 e. The Morgan fingerprint density at radius 2 is 1.92 bits per heavy atom. The third-order valence-electron chi connectivity index (χ3n) is 4.90. The van der Waals surface area contributed by atoms with Gasteiger partial charge >= 0.3 is 0 Å². The molecule has 0 saturated carbocycles. The lowest BCUT2D eigenvalue weighted by Gasteiger charge is -2.38. The Morgan fingerprint density at radius 3 is 2.62 bits per heavy atom. The predicted molar refractivity (Wildman–Crippen MR) is 95.8 cm³/mol. The van der Waals surface area contributed by atoms with E-state index in [1.807, 2.05) is 19.1 Å². The molecule has 2 saturated heterocycles. The normalized spacial score (nSPS) is 19.8. The number of rotatable bonds is 4. The predicted octanol–water partition coefficient (Wildman–Crippen LogP) is 1.81. The fourth-order valence-electron chi connectivity index (χ4n) is 3.27. The second-order valence-electron chi connectivity index (χ2n) is 6.93. The van der Waals surface area contributed by atoms with Crippen molar-refractivity contribution in [3.8, 4) is 17.0 Å². The maximum absolute atomic E-state index is 10.9. The third-order valence-corrected chi connectivity index (χ3v) is 4.90. The van der Waals surface area contributed by atoms with Gasteiger partial charge in [0.15, 0.2) is 0 Å². The van der Waals surface area contributed by atoms with Crippen molar-refractivity contribution in [3.05, 3.63) is 35.8 Å². The topological polar surface area (TPSA) is 99.7 Å². The van der Waals surface area contributed by atoms with Gasteiger partial charge in [0.05, 0.1) is 43.9 Å². The van der Waals surface area contributed by atoms with Crippen LogP contribution in [-0.4, -0.2) is 47.6 Å². The molecule has 0 unspecified atom stereocenters. The summed E-state index contributed by atoms with van der Waals surface area (Å²) in [5, 5.41) is 10.9. The summed E-state index contributed by atoms with van der Waals surface area (Å²) in [4.78, 5) is 8.83. The van der Waals surface area contributed by atoms with Crippen LogP contribution in [0.25, 0.3) is 11.1 Å². The Kier molecular flexibility index (Phi) is 4.52. The molecular weight excluding hydrogens is 334 g/mol. The molecule has 138 valence electrons. The number of aliphatic hydroxyl groups is 1. The minimum atomic E-state index is -1.08. The molecule has 0 bridgehead atoms. The zero-order valence-electron chi connectivity index (χ0n) is 14.8. The van der Waals surface area contributed by atoms with Crippen molar-refractivity contribution < 1.29 is 19.3 Å². The molecule has 26 heavy (non-hydrogen) atoms. The van der Waals surface area contributed by atoms with Crippen molar-refractivity contribution in [3.63, 3.8) is 0 Å². The van der Waals surface area contributed by atoms with Gasteiger partial charge in [-0.25, -0.2) is 4.98 Å². The molecule has 3 N–H and O–H groups in total. The molecule has 0 spiro atoms. The van der Waals surface area contributed by atoms with E-state index in [-0.39, 0.29) is 19.3 Å². The summed E-state index contributed by atoms with van der Waals surface area (Å²) in [7, 11) is 0. The van der Waals surface area contributed by atoms with E-state index in [2.05, 4.69) is 9.97 Å². The van der Waals surface area contributed by atoms with Crippen molar-refractivity contribution in [2.45, 2.75) is 31.5 Å². The molecule has 7 nitrogen and oxygen atoms in total. The van der Waals surface area contributed by atoms with Crippen LogP contribution in [0.2, 0.25) is 0 Å². The Balaban J connectivity index is 1.72. The number of hydrogen-bond acceptors (Lipinski definition) is 7. The van der Waals surface area contributed by atoms with Gasteiger partial charge in [0.25, 0.3) is 0 Å². The van der Waals surface area contributed by atoms with Crippen LogP contribution in [0.5, 0.6) is 5.88 Å². The van der Waals surface area contributed by atoms with E-state index in [1.165, 1.54) is 0 Å². The minimum Gasteiger partial charge on any atom is -0.474 e. The van der Waals surface area contributed by atoms with Crippen LogP contribution in [-0.2, 0) is 15.1 Å². The average molecular weight is 357 g/mol. The Hall–Kier alpha value is -2.22. The van der Waals surface area contributed by atoms with E-state index in [4.69, 9.17) is 19.9 Å². The van der Waals surface area contributed by atoms with Crippen LogP contribution in [0.15, 0.2) is 24.5 Å². The van der Waals surface area contributed by atoms with Crippen molar-refractivity contribution in [2.24, 2.45) is 0 Å². The zero-order valence-corrected chi connectivity index (χ0v) is 14.8. The first-order valence-corrected chi connectivity index (χ1v) is 8.83. The number of nitrogen functional groups attached to an aromatic ring is 1. The number of aromatic nitrogens is 2. The monoisotopic (exact) mass is 357 g/mol. The molecule has 7 heteroatoms. The van der Waals surface area contributed by atoms with Gasteiger partial charge in [-0.3, -0.25) is 4.98 Å². The molecule has 2 aromatic heterocycles. The summed E-state index contributed by atoms with van der Waals surface area (Å²) in [6.07, 6.45) is 5.04. The van der Waals surface area contributed by atoms with E-state index in [1.54, 1.807) is 12.4 Å².